The molecule has 0 fully saturated rings. The maximum Gasteiger partial charge on any atom is 0.0726 e. The molecule has 2 heteroatoms. The van der Waals surface area contributed by atoms with Crippen molar-refractivity contribution in [2.45, 2.75) is 5.41 Å². The number of benzene rings is 11. The summed E-state index contributed by atoms with van der Waals surface area (Å²) < 4.78 is 2.38. The van der Waals surface area contributed by atoms with Gasteiger partial charge in [0.25, 0.3) is 0 Å². The fourth-order valence-electron chi connectivity index (χ4n) is 11.7. The number of hydrogen-bond donors (Lipinski definition) is 0. The van der Waals surface area contributed by atoms with E-state index in [9.17, 15) is 0 Å². The molecule has 14 rings (SSSR count). The van der Waals surface area contributed by atoms with Crippen molar-refractivity contribution in [3.63, 3.8) is 0 Å². The summed E-state index contributed by atoms with van der Waals surface area (Å²) in [6.45, 7) is 0. The molecule has 11 aromatic carbocycles. The first-order chi connectivity index (χ1) is 33.2. The largest absolute Gasteiger partial charge is 0.310 e. The van der Waals surface area contributed by atoms with Crippen molar-refractivity contribution in [1.82, 2.24) is 4.57 Å². The highest BCUT2D eigenvalue weighted by molar-refractivity contribution is 6.10. The molecule has 0 saturated heterocycles. The summed E-state index contributed by atoms with van der Waals surface area (Å²) in [5.41, 5.74) is 21.8. The lowest BCUT2D eigenvalue weighted by Gasteiger charge is -2.32. The smallest absolute Gasteiger partial charge is 0.0726 e. The molecule has 1 spiro atoms. The Morgan fingerprint density at radius 3 is 1.46 bits per heavy atom. The van der Waals surface area contributed by atoms with E-state index in [0.29, 0.717) is 0 Å². The molecule has 0 unspecified atom stereocenters. The number of hydrogen-bond acceptors (Lipinski definition) is 1. The maximum atomic E-state index is 2.48. The Morgan fingerprint density at radius 1 is 0.284 bits per heavy atom. The quantitative estimate of drug-likeness (QED) is 0.162. The third kappa shape index (κ3) is 5.51. The van der Waals surface area contributed by atoms with E-state index >= 15 is 0 Å². The number of fused-ring (bicyclic) bond motifs is 14. The van der Waals surface area contributed by atoms with Gasteiger partial charge >= 0.3 is 0 Å². The topological polar surface area (TPSA) is 8.17 Å². The van der Waals surface area contributed by atoms with E-state index in [1.807, 2.05) is 0 Å². The Labute approximate surface area is 389 Å². The second kappa shape index (κ2) is 14.7. The fraction of sp³-hybridized carbons (Fsp3) is 0.0154. The van der Waals surface area contributed by atoms with Crippen molar-refractivity contribution >= 4 is 49.6 Å². The maximum absolute atomic E-state index is 2.48. The highest BCUT2D eigenvalue weighted by atomic mass is 15.1. The van der Waals surface area contributed by atoms with Crippen molar-refractivity contribution in [2.75, 3.05) is 4.90 Å². The molecule has 0 amide bonds. The second-order valence-corrected chi connectivity index (χ2v) is 18.0. The van der Waals surface area contributed by atoms with Crippen molar-refractivity contribution in [3.8, 4) is 50.2 Å². The Hall–Kier alpha value is -8.72. The molecule has 12 aromatic rings. The molecule has 1 heterocycles. The van der Waals surface area contributed by atoms with Crippen molar-refractivity contribution in [1.29, 1.82) is 0 Å². The van der Waals surface area contributed by atoms with Crippen LogP contribution in [0.4, 0.5) is 17.1 Å². The summed E-state index contributed by atoms with van der Waals surface area (Å²) in [6.07, 6.45) is 0. The van der Waals surface area contributed by atoms with Crippen LogP contribution in [0.2, 0.25) is 0 Å². The fourth-order valence-corrected chi connectivity index (χ4v) is 11.7. The molecule has 0 radical (unpaired) electrons. The first-order valence-electron chi connectivity index (χ1n) is 23.3. The average Bonchev–Trinajstić information content (AvgIpc) is 4.01. The van der Waals surface area contributed by atoms with E-state index in [1.54, 1.807) is 0 Å². The van der Waals surface area contributed by atoms with Gasteiger partial charge in [0, 0.05) is 33.5 Å². The first-order valence-corrected chi connectivity index (χ1v) is 23.3. The molecule has 1 aromatic heterocycles. The summed E-state index contributed by atoms with van der Waals surface area (Å²) in [5.74, 6) is 0. The Bertz CT molecular complexity index is 3850. The molecule has 312 valence electrons. The van der Waals surface area contributed by atoms with Crippen LogP contribution in [0.25, 0.3) is 82.8 Å². The van der Waals surface area contributed by atoms with Crippen LogP contribution >= 0.6 is 0 Å². The predicted octanol–water partition coefficient (Wildman–Crippen LogP) is 17.1. The van der Waals surface area contributed by atoms with Crippen LogP contribution in [0.15, 0.2) is 255 Å². The molecule has 0 bridgehead atoms. The SMILES string of the molecule is c1ccc(-n2c3ccccc3c3cc(-c4ccc(N(c5ccc(-c6cccc7ccccc67)cc5)c5ccc6c(c5)C5(c7ccccc7-c7ccccc75)c5ccccc5-6)cc4)ccc32)cc1. The van der Waals surface area contributed by atoms with Gasteiger partial charge < -0.3 is 9.47 Å². The van der Waals surface area contributed by atoms with Gasteiger partial charge in [-0.2, -0.15) is 0 Å². The summed E-state index contributed by atoms with van der Waals surface area (Å²) in [5, 5.41) is 5.00. The van der Waals surface area contributed by atoms with Crippen LogP contribution in [0.5, 0.6) is 0 Å². The van der Waals surface area contributed by atoms with E-state index in [0.717, 1.165) is 17.1 Å². The van der Waals surface area contributed by atoms with Crippen LogP contribution < -0.4 is 4.90 Å². The normalized spacial score (nSPS) is 12.9. The Morgan fingerprint density at radius 2 is 0.776 bits per heavy atom. The molecule has 67 heavy (non-hydrogen) atoms. The lowest BCUT2D eigenvalue weighted by molar-refractivity contribution is 0.793. The summed E-state index contributed by atoms with van der Waals surface area (Å²) in [4.78, 5) is 2.44. The number of aromatic nitrogens is 1. The minimum absolute atomic E-state index is 0.439. The van der Waals surface area contributed by atoms with Gasteiger partial charge in [0.05, 0.1) is 16.4 Å². The molecule has 2 aliphatic rings. The zero-order valence-electron chi connectivity index (χ0n) is 36.6. The van der Waals surface area contributed by atoms with Gasteiger partial charge in [-0.3, -0.25) is 0 Å². The van der Waals surface area contributed by atoms with Gasteiger partial charge in [0.2, 0.25) is 0 Å². The molecular weight excluding hydrogens is 809 g/mol. The standard InChI is InChI=1S/C65H42N2/c1-2-17-47(18-3-1)67-63-28-13-9-23-57(63)58-41-46(33-40-64(58)67)43-29-34-48(35-30-43)66(49-36-31-45(32-37-49)52-24-14-16-44-15-4-5-19-51(44)52)50-38-39-56-55-22-8-12-27-61(55)65(62(56)42-50)59-25-10-6-20-53(59)54-21-7-11-26-60(54)65/h1-42H. The first kappa shape index (κ1) is 37.6. The minimum Gasteiger partial charge on any atom is -0.310 e. The van der Waals surface area contributed by atoms with Crippen LogP contribution in [-0.2, 0) is 5.41 Å². The van der Waals surface area contributed by atoms with E-state index in [2.05, 4.69) is 264 Å². The Balaban J connectivity index is 0.932. The van der Waals surface area contributed by atoms with E-state index in [4.69, 9.17) is 0 Å². The zero-order chi connectivity index (χ0) is 44.1. The van der Waals surface area contributed by atoms with Crippen LogP contribution in [-0.4, -0.2) is 4.57 Å². The molecule has 0 saturated carbocycles. The number of para-hydroxylation sites is 2. The number of anilines is 3. The molecule has 2 aliphatic carbocycles. The number of rotatable bonds is 6. The van der Waals surface area contributed by atoms with Crippen LogP contribution in [0.3, 0.4) is 0 Å². The van der Waals surface area contributed by atoms with Crippen LogP contribution in [0, 0.1) is 0 Å². The molecule has 0 N–H and O–H groups in total. The minimum atomic E-state index is -0.439. The third-order valence-electron chi connectivity index (χ3n) is 14.6. The van der Waals surface area contributed by atoms with Gasteiger partial charge in [-0.25, -0.2) is 0 Å². The van der Waals surface area contributed by atoms with E-state index in [1.165, 1.54) is 105 Å². The zero-order valence-corrected chi connectivity index (χ0v) is 36.6. The molecule has 2 nitrogen and oxygen atoms in total. The Kier molecular flexibility index (Phi) is 8.23. The van der Waals surface area contributed by atoms with Gasteiger partial charge in [-0.15, -0.1) is 0 Å². The lowest BCUT2D eigenvalue weighted by atomic mass is 9.70. The predicted molar refractivity (Wildman–Crippen MR) is 280 cm³/mol. The van der Waals surface area contributed by atoms with E-state index < -0.39 is 5.41 Å². The van der Waals surface area contributed by atoms with Gasteiger partial charge in [-0.05, 0) is 144 Å². The highest BCUT2D eigenvalue weighted by Gasteiger charge is 2.51. The highest BCUT2D eigenvalue weighted by Crippen LogP contribution is 2.63. The second-order valence-electron chi connectivity index (χ2n) is 18.0. The lowest BCUT2D eigenvalue weighted by Crippen LogP contribution is -2.26. The third-order valence-corrected chi connectivity index (χ3v) is 14.6. The van der Waals surface area contributed by atoms with Gasteiger partial charge in [-0.1, -0.05) is 188 Å². The van der Waals surface area contributed by atoms with Crippen molar-refractivity contribution in [3.05, 3.63) is 277 Å². The summed E-state index contributed by atoms with van der Waals surface area (Å²) >= 11 is 0. The van der Waals surface area contributed by atoms with Gasteiger partial charge in [0.1, 0.15) is 0 Å². The average molecular weight is 851 g/mol. The van der Waals surface area contributed by atoms with E-state index in [-0.39, 0.29) is 0 Å². The van der Waals surface area contributed by atoms with Crippen molar-refractivity contribution in [2.24, 2.45) is 0 Å². The molecule has 0 aliphatic heterocycles. The monoisotopic (exact) mass is 850 g/mol. The molecular formula is C65H42N2. The van der Waals surface area contributed by atoms with Gasteiger partial charge in [0.15, 0.2) is 0 Å². The summed E-state index contributed by atoms with van der Waals surface area (Å²) in [7, 11) is 0. The van der Waals surface area contributed by atoms with Crippen LogP contribution in [0.1, 0.15) is 22.3 Å². The summed E-state index contributed by atoms with van der Waals surface area (Å²) in [6, 6.07) is 94.3. The number of nitrogens with zero attached hydrogens (tertiary/aromatic N) is 2. The molecule has 0 atom stereocenters. The van der Waals surface area contributed by atoms with Crippen molar-refractivity contribution < 1.29 is 0 Å².